The average molecular weight is 203 g/mol. The van der Waals surface area contributed by atoms with Gasteiger partial charge in [-0.15, -0.1) is 0 Å². The van der Waals surface area contributed by atoms with Crippen molar-refractivity contribution >= 4 is 11.6 Å². The molecule has 15 heavy (non-hydrogen) atoms. The molecule has 0 bridgehead atoms. The van der Waals surface area contributed by atoms with Crippen LogP contribution in [-0.4, -0.2) is 12.0 Å². The van der Waals surface area contributed by atoms with Gasteiger partial charge in [0.15, 0.2) is 5.96 Å². The maximum atomic E-state index is 5.82. The standard InChI is InChI=1S/C12H17N3/c1-9-7-8-11(9)15-12(13)14-10-5-3-2-4-6-10/h2-6,9,11H,7-8H2,1H3,(H3,13,14,15). The Hall–Kier alpha value is -1.51. The predicted molar refractivity (Wildman–Crippen MR) is 63.9 cm³/mol. The lowest BCUT2D eigenvalue weighted by Gasteiger charge is -2.30. The molecule has 80 valence electrons. The topological polar surface area (TPSA) is 50.4 Å². The number of guanidine groups is 1. The van der Waals surface area contributed by atoms with Gasteiger partial charge in [-0.3, -0.25) is 0 Å². The third kappa shape index (κ3) is 2.49. The van der Waals surface area contributed by atoms with Crippen molar-refractivity contribution < 1.29 is 0 Å². The normalized spacial score (nSPS) is 25.8. The highest BCUT2D eigenvalue weighted by molar-refractivity contribution is 5.92. The first kappa shape index (κ1) is 10.0. The van der Waals surface area contributed by atoms with E-state index in [0.717, 1.165) is 5.69 Å². The molecule has 1 aromatic carbocycles. The van der Waals surface area contributed by atoms with Crippen molar-refractivity contribution in [1.29, 1.82) is 0 Å². The molecular weight excluding hydrogens is 186 g/mol. The molecular formula is C12H17N3. The Morgan fingerprint density at radius 2 is 2.07 bits per heavy atom. The van der Waals surface area contributed by atoms with E-state index in [9.17, 15) is 0 Å². The number of hydrogen-bond acceptors (Lipinski definition) is 1. The molecule has 2 unspecified atom stereocenters. The van der Waals surface area contributed by atoms with Gasteiger partial charge in [-0.05, 0) is 30.9 Å². The largest absolute Gasteiger partial charge is 0.370 e. The van der Waals surface area contributed by atoms with Gasteiger partial charge in [0, 0.05) is 5.69 Å². The number of para-hydroxylation sites is 1. The summed E-state index contributed by atoms with van der Waals surface area (Å²) >= 11 is 0. The maximum Gasteiger partial charge on any atom is 0.193 e. The minimum atomic E-state index is 0.418. The summed E-state index contributed by atoms with van der Waals surface area (Å²) in [4.78, 5) is 4.44. The van der Waals surface area contributed by atoms with Crippen molar-refractivity contribution in [3.63, 3.8) is 0 Å². The molecule has 0 saturated heterocycles. The van der Waals surface area contributed by atoms with E-state index in [1.54, 1.807) is 0 Å². The molecule has 3 heteroatoms. The number of nitrogens with one attached hydrogen (secondary N) is 1. The van der Waals surface area contributed by atoms with Crippen LogP contribution in [0, 0.1) is 5.92 Å². The van der Waals surface area contributed by atoms with Crippen LogP contribution in [0.15, 0.2) is 35.3 Å². The summed E-state index contributed by atoms with van der Waals surface area (Å²) in [5.41, 5.74) is 6.81. The Balaban J connectivity index is 1.94. The molecule has 2 rings (SSSR count). The molecule has 0 aliphatic heterocycles. The maximum absolute atomic E-state index is 5.82. The Morgan fingerprint density at radius 3 is 2.60 bits per heavy atom. The van der Waals surface area contributed by atoms with Crippen LogP contribution >= 0.6 is 0 Å². The molecule has 0 heterocycles. The Morgan fingerprint density at radius 1 is 1.33 bits per heavy atom. The Bertz CT molecular complexity index is 345. The molecule has 0 aromatic heterocycles. The molecule has 3 nitrogen and oxygen atoms in total. The van der Waals surface area contributed by atoms with Gasteiger partial charge >= 0.3 is 0 Å². The summed E-state index contributed by atoms with van der Waals surface area (Å²) in [5, 5.41) is 3.09. The van der Waals surface area contributed by atoms with Gasteiger partial charge in [0.05, 0.1) is 6.04 Å². The fourth-order valence-electron chi connectivity index (χ4n) is 1.72. The number of nitrogens with zero attached hydrogens (tertiary/aromatic N) is 1. The van der Waals surface area contributed by atoms with E-state index in [4.69, 9.17) is 5.73 Å². The van der Waals surface area contributed by atoms with Gasteiger partial charge in [-0.25, -0.2) is 4.99 Å². The van der Waals surface area contributed by atoms with Crippen LogP contribution in [0.25, 0.3) is 0 Å². The van der Waals surface area contributed by atoms with Crippen LogP contribution in [0.5, 0.6) is 0 Å². The molecule has 1 fully saturated rings. The molecule has 1 saturated carbocycles. The monoisotopic (exact) mass is 203 g/mol. The second-order valence-electron chi connectivity index (χ2n) is 4.13. The highest BCUT2D eigenvalue weighted by Crippen LogP contribution is 2.29. The zero-order chi connectivity index (χ0) is 10.7. The van der Waals surface area contributed by atoms with Crippen molar-refractivity contribution in [2.75, 3.05) is 5.32 Å². The van der Waals surface area contributed by atoms with Gasteiger partial charge in [0.1, 0.15) is 0 Å². The molecule has 1 aliphatic carbocycles. The number of aliphatic imine (C=N–C) groups is 1. The predicted octanol–water partition coefficient (Wildman–Crippen LogP) is 2.21. The van der Waals surface area contributed by atoms with E-state index in [1.165, 1.54) is 12.8 Å². The number of hydrogen-bond donors (Lipinski definition) is 2. The number of nitrogens with two attached hydrogens (primary N) is 1. The molecule has 1 aromatic rings. The van der Waals surface area contributed by atoms with Crippen LogP contribution in [0.1, 0.15) is 19.8 Å². The minimum Gasteiger partial charge on any atom is -0.370 e. The summed E-state index contributed by atoms with van der Waals surface area (Å²) in [7, 11) is 0. The lowest BCUT2D eigenvalue weighted by Crippen LogP contribution is -2.32. The summed E-state index contributed by atoms with van der Waals surface area (Å²) in [5.74, 6) is 1.21. The van der Waals surface area contributed by atoms with Crippen molar-refractivity contribution in [3.05, 3.63) is 30.3 Å². The number of anilines is 1. The van der Waals surface area contributed by atoms with Crippen molar-refractivity contribution in [3.8, 4) is 0 Å². The van der Waals surface area contributed by atoms with E-state index in [0.29, 0.717) is 17.9 Å². The van der Waals surface area contributed by atoms with E-state index in [1.807, 2.05) is 30.3 Å². The van der Waals surface area contributed by atoms with Gasteiger partial charge in [-0.1, -0.05) is 25.1 Å². The highest BCUT2D eigenvalue weighted by Gasteiger charge is 2.26. The van der Waals surface area contributed by atoms with Gasteiger partial charge in [-0.2, -0.15) is 0 Å². The zero-order valence-corrected chi connectivity index (χ0v) is 8.98. The molecule has 0 radical (unpaired) electrons. The van der Waals surface area contributed by atoms with E-state index < -0.39 is 0 Å². The van der Waals surface area contributed by atoms with Gasteiger partial charge < -0.3 is 11.1 Å². The smallest absolute Gasteiger partial charge is 0.193 e. The SMILES string of the molecule is CC1CCC1N=C(N)Nc1ccccc1. The zero-order valence-electron chi connectivity index (χ0n) is 8.98. The van der Waals surface area contributed by atoms with Crippen molar-refractivity contribution in [2.24, 2.45) is 16.6 Å². The van der Waals surface area contributed by atoms with Gasteiger partial charge in [0.2, 0.25) is 0 Å². The fourth-order valence-corrected chi connectivity index (χ4v) is 1.72. The first-order chi connectivity index (χ1) is 7.25. The second-order valence-corrected chi connectivity index (χ2v) is 4.13. The van der Waals surface area contributed by atoms with Crippen LogP contribution in [-0.2, 0) is 0 Å². The lowest BCUT2D eigenvalue weighted by molar-refractivity contribution is 0.284. The lowest BCUT2D eigenvalue weighted by atomic mass is 9.82. The second kappa shape index (κ2) is 4.34. The van der Waals surface area contributed by atoms with Crippen molar-refractivity contribution in [2.45, 2.75) is 25.8 Å². The highest BCUT2D eigenvalue weighted by atomic mass is 15.1. The van der Waals surface area contributed by atoms with E-state index in [2.05, 4.69) is 17.2 Å². The number of benzene rings is 1. The van der Waals surface area contributed by atoms with Gasteiger partial charge in [0.25, 0.3) is 0 Å². The third-order valence-corrected chi connectivity index (χ3v) is 2.93. The third-order valence-electron chi connectivity index (χ3n) is 2.93. The molecule has 2 atom stereocenters. The minimum absolute atomic E-state index is 0.418. The van der Waals surface area contributed by atoms with Crippen LogP contribution in [0.4, 0.5) is 5.69 Å². The summed E-state index contributed by atoms with van der Waals surface area (Å²) in [6.45, 7) is 2.22. The summed E-state index contributed by atoms with van der Waals surface area (Å²) < 4.78 is 0. The van der Waals surface area contributed by atoms with Crippen LogP contribution in [0.2, 0.25) is 0 Å². The number of rotatable bonds is 2. The summed E-state index contributed by atoms with van der Waals surface area (Å²) in [6, 6.07) is 10.3. The van der Waals surface area contributed by atoms with E-state index >= 15 is 0 Å². The molecule has 1 aliphatic rings. The Labute approximate surface area is 90.4 Å². The molecule has 3 N–H and O–H groups in total. The van der Waals surface area contributed by atoms with E-state index in [-0.39, 0.29) is 0 Å². The fraction of sp³-hybridized carbons (Fsp3) is 0.417. The Kier molecular flexibility index (Phi) is 2.90. The first-order valence-electron chi connectivity index (χ1n) is 5.41. The molecule has 0 amide bonds. The quantitative estimate of drug-likeness (QED) is 0.572. The van der Waals surface area contributed by atoms with Crippen molar-refractivity contribution in [1.82, 2.24) is 0 Å². The summed E-state index contributed by atoms with van der Waals surface area (Å²) in [6.07, 6.45) is 2.44. The van der Waals surface area contributed by atoms with Crippen LogP contribution < -0.4 is 11.1 Å². The first-order valence-corrected chi connectivity index (χ1v) is 5.41. The van der Waals surface area contributed by atoms with Crippen LogP contribution in [0.3, 0.4) is 0 Å². The average Bonchev–Trinajstić information content (AvgIpc) is 2.25. The molecule has 0 spiro atoms.